The van der Waals surface area contributed by atoms with Crippen LogP contribution in [0.2, 0.25) is 0 Å². The van der Waals surface area contributed by atoms with E-state index in [0.29, 0.717) is 6.54 Å². The highest BCUT2D eigenvalue weighted by Gasteiger charge is 2.41. The van der Waals surface area contributed by atoms with E-state index in [2.05, 4.69) is 5.32 Å². The Kier molecular flexibility index (Phi) is 5.89. The molecule has 0 spiro atoms. The zero-order valence-corrected chi connectivity index (χ0v) is 10.6. The number of likely N-dealkylation sites (tertiary alicyclic amines) is 1. The second-order valence-electron chi connectivity index (χ2n) is 4.76. The smallest absolute Gasteiger partial charge is 0.320 e. The number of rotatable bonds is 5. The van der Waals surface area contributed by atoms with Gasteiger partial charge in [-0.2, -0.15) is 18.4 Å². The maximum atomic E-state index is 12.6. The minimum Gasteiger partial charge on any atom is -0.320 e. The fourth-order valence-corrected chi connectivity index (χ4v) is 2.39. The minimum absolute atomic E-state index is 0.171. The number of piperidine rings is 1. The predicted octanol–water partition coefficient (Wildman–Crippen LogP) is 2.15. The van der Waals surface area contributed by atoms with E-state index in [9.17, 15) is 13.2 Å². The molecule has 1 aliphatic rings. The zero-order valence-electron chi connectivity index (χ0n) is 10.6. The molecule has 104 valence electrons. The summed E-state index contributed by atoms with van der Waals surface area (Å²) in [6.07, 6.45) is -0.663. The molecule has 18 heavy (non-hydrogen) atoms. The van der Waals surface area contributed by atoms with Gasteiger partial charge in [0, 0.05) is 12.6 Å². The lowest BCUT2D eigenvalue weighted by Gasteiger charge is -2.37. The summed E-state index contributed by atoms with van der Waals surface area (Å²) in [4.78, 5) is 1.84. The third kappa shape index (κ3) is 4.46. The molecule has 1 rings (SSSR count). The van der Waals surface area contributed by atoms with E-state index in [-0.39, 0.29) is 12.6 Å². The molecule has 2 atom stereocenters. The maximum Gasteiger partial charge on any atom is 0.405 e. The molecule has 1 fully saturated rings. The molecule has 0 bridgehead atoms. The second-order valence-corrected chi connectivity index (χ2v) is 4.76. The van der Waals surface area contributed by atoms with Crippen LogP contribution in [0.5, 0.6) is 0 Å². The lowest BCUT2D eigenvalue weighted by atomic mass is 9.97. The Hall–Kier alpha value is -0.800. The number of halogens is 3. The van der Waals surface area contributed by atoms with Crippen LogP contribution >= 0.6 is 0 Å². The first-order chi connectivity index (χ1) is 8.49. The summed E-state index contributed by atoms with van der Waals surface area (Å²) in [5.74, 6) is -1.87. The van der Waals surface area contributed by atoms with E-state index in [1.54, 1.807) is 0 Å². The fourth-order valence-electron chi connectivity index (χ4n) is 2.39. The van der Waals surface area contributed by atoms with Crippen molar-refractivity contribution in [3.63, 3.8) is 0 Å². The van der Waals surface area contributed by atoms with Gasteiger partial charge in [0.25, 0.3) is 0 Å². The Balaban J connectivity index is 2.58. The highest BCUT2D eigenvalue weighted by atomic mass is 19.4. The van der Waals surface area contributed by atoms with Gasteiger partial charge in [0.05, 0.1) is 6.07 Å². The molecule has 2 unspecified atom stereocenters. The summed E-state index contributed by atoms with van der Waals surface area (Å²) >= 11 is 0. The molecular formula is C12H20F3N3. The Labute approximate surface area is 106 Å². The number of alkyl halides is 3. The molecule has 1 saturated heterocycles. The van der Waals surface area contributed by atoms with Crippen LogP contribution in [0.25, 0.3) is 0 Å². The molecule has 0 aliphatic carbocycles. The molecule has 0 aromatic heterocycles. The molecule has 0 saturated carbocycles. The quantitative estimate of drug-likeness (QED) is 0.826. The van der Waals surface area contributed by atoms with Gasteiger partial charge < -0.3 is 5.32 Å². The van der Waals surface area contributed by atoms with Gasteiger partial charge in [-0.3, -0.25) is 4.90 Å². The van der Waals surface area contributed by atoms with Gasteiger partial charge in [0.15, 0.2) is 5.92 Å². The van der Waals surface area contributed by atoms with Crippen molar-refractivity contribution in [2.24, 2.45) is 5.92 Å². The van der Waals surface area contributed by atoms with Crippen LogP contribution in [0.1, 0.15) is 25.7 Å². The highest BCUT2D eigenvalue weighted by molar-refractivity contribution is 4.92. The van der Waals surface area contributed by atoms with Crippen LogP contribution in [0.3, 0.4) is 0 Å². The monoisotopic (exact) mass is 263 g/mol. The highest BCUT2D eigenvalue weighted by Crippen LogP contribution is 2.29. The first-order valence-corrected chi connectivity index (χ1v) is 6.34. The summed E-state index contributed by atoms with van der Waals surface area (Å²) in [5, 5.41) is 11.7. The molecule has 0 radical (unpaired) electrons. The van der Waals surface area contributed by atoms with Gasteiger partial charge in [-0.1, -0.05) is 6.42 Å². The number of hydrogen-bond donors (Lipinski definition) is 1. The predicted molar refractivity (Wildman–Crippen MR) is 62.9 cm³/mol. The first kappa shape index (κ1) is 15.3. The van der Waals surface area contributed by atoms with Gasteiger partial charge in [-0.25, -0.2) is 0 Å². The zero-order chi connectivity index (χ0) is 13.6. The molecule has 3 nitrogen and oxygen atoms in total. The van der Waals surface area contributed by atoms with E-state index in [1.165, 1.54) is 6.07 Å². The van der Waals surface area contributed by atoms with Crippen molar-refractivity contribution in [1.29, 1.82) is 5.26 Å². The van der Waals surface area contributed by atoms with Crippen molar-refractivity contribution in [2.75, 3.05) is 26.7 Å². The van der Waals surface area contributed by atoms with Gasteiger partial charge in [0.1, 0.15) is 0 Å². The third-order valence-corrected chi connectivity index (χ3v) is 3.44. The number of nitrogens with one attached hydrogen (secondary N) is 1. The standard InChI is InChI=1S/C12H20F3N3/c1-17-6-5-11-4-2-3-7-18(11)9-10(8-16)12(13,14)15/h10-11,17H,2-7,9H2,1H3. The van der Waals surface area contributed by atoms with Crippen LogP contribution < -0.4 is 5.32 Å². The van der Waals surface area contributed by atoms with E-state index in [0.717, 1.165) is 32.2 Å². The lowest BCUT2D eigenvalue weighted by Crippen LogP contribution is -2.45. The van der Waals surface area contributed by atoms with Crippen LogP contribution in [0.4, 0.5) is 13.2 Å². The summed E-state index contributed by atoms with van der Waals surface area (Å²) in [6.45, 7) is 1.28. The second kappa shape index (κ2) is 6.95. The number of nitriles is 1. The van der Waals surface area contributed by atoms with Crippen molar-refractivity contribution in [3.05, 3.63) is 0 Å². The summed E-state index contributed by atoms with van der Waals surface area (Å²) in [6, 6.07) is 1.55. The molecule has 1 aliphatic heterocycles. The summed E-state index contributed by atoms with van der Waals surface area (Å²) in [5.41, 5.74) is 0. The molecule has 0 aromatic carbocycles. The van der Waals surface area contributed by atoms with Crippen molar-refractivity contribution in [2.45, 2.75) is 37.9 Å². The Morgan fingerprint density at radius 1 is 1.44 bits per heavy atom. The van der Waals surface area contributed by atoms with Gasteiger partial charge in [-0.15, -0.1) is 0 Å². The van der Waals surface area contributed by atoms with Crippen LogP contribution in [0, 0.1) is 17.2 Å². The first-order valence-electron chi connectivity index (χ1n) is 6.34. The minimum atomic E-state index is -4.42. The topological polar surface area (TPSA) is 39.1 Å². The van der Waals surface area contributed by atoms with Crippen molar-refractivity contribution < 1.29 is 13.2 Å². The third-order valence-electron chi connectivity index (χ3n) is 3.44. The summed E-state index contributed by atoms with van der Waals surface area (Å²) < 4.78 is 37.8. The van der Waals surface area contributed by atoms with Gasteiger partial charge in [0.2, 0.25) is 0 Å². The van der Waals surface area contributed by atoms with E-state index >= 15 is 0 Å². The van der Waals surface area contributed by atoms with Crippen molar-refractivity contribution >= 4 is 0 Å². The van der Waals surface area contributed by atoms with Crippen molar-refractivity contribution in [3.8, 4) is 6.07 Å². The van der Waals surface area contributed by atoms with E-state index in [4.69, 9.17) is 5.26 Å². The molecule has 1 N–H and O–H groups in total. The van der Waals surface area contributed by atoms with Crippen LogP contribution in [-0.4, -0.2) is 43.8 Å². The average molecular weight is 263 g/mol. The Morgan fingerprint density at radius 2 is 2.17 bits per heavy atom. The molecule has 0 aromatic rings. The molecule has 0 amide bonds. The largest absolute Gasteiger partial charge is 0.405 e. The molecule has 1 heterocycles. The van der Waals surface area contributed by atoms with Gasteiger partial charge in [-0.05, 0) is 39.4 Å². The van der Waals surface area contributed by atoms with E-state index < -0.39 is 12.1 Å². The molecule has 6 heteroatoms. The van der Waals surface area contributed by atoms with Crippen LogP contribution in [0.15, 0.2) is 0 Å². The van der Waals surface area contributed by atoms with Crippen LogP contribution in [-0.2, 0) is 0 Å². The summed E-state index contributed by atoms with van der Waals surface area (Å²) in [7, 11) is 1.83. The van der Waals surface area contributed by atoms with Gasteiger partial charge >= 0.3 is 6.18 Å². The Morgan fingerprint density at radius 3 is 2.72 bits per heavy atom. The Bertz CT molecular complexity index is 285. The normalized spacial score (nSPS) is 23.6. The SMILES string of the molecule is CNCCC1CCCCN1CC(C#N)C(F)(F)F. The maximum absolute atomic E-state index is 12.6. The number of hydrogen-bond acceptors (Lipinski definition) is 3. The fraction of sp³-hybridized carbons (Fsp3) is 0.917. The molecular weight excluding hydrogens is 243 g/mol. The number of nitrogens with zero attached hydrogens (tertiary/aromatic N) is 2. The van der Waals surface area contributed by atoms with E-state index in [1.807, 2.05) is 11.9 Å². The average Bonchev–Trinajstić information content (AvgIpc) is 2.33. The van der Waals surface area contributed by atoms with Crippen molar-refractivity contribution in [1.82, 2.24) is 10.2 Å². The lowest BCUT2D eigenvalue weighted by molar-refractivity contribution is -0.165.